The van der Waals surface area contributed by atoms with E-state index in [0.717, 1.165) is 0 Å². The molecule has 0 radical (unpaired) electrons. The Balaban J connectivity index is -0.0000000417. The Hall–Kier alpha value is 0.116. The lowest BCUT2D eigenvalue weighted by Crippen LogP contribution is -2.13. The first-order valence-electron chi connectivity index (χ1n) is 1.55. The van der Waals surface area contributed by atoms with Gasteiger partial charge in [-0.15, -0.1) is 0 Å². The van der Waals surface area contributed by atoms with Gasteiger partial charge in [-0.2, -0.15) is 0 Å². The molecule has 0 bridgehead atoms. The third kappa shape index (κ3) is 17.9. The summed E-state index contributed by atoms with van der Waals surface area (Å²) in [5, 5.41) is 15.8. The molecule has 0 aliphatic carbocycles. The number of aliphatic carboxylic acids is 1. The van der Waals surface area contributed by atoms with Crippen molar-refractivity contribution in [2.45, 2.75) is 13.0 Å². The van der Waals surface area contributed by atoms with Crippen LogP contribution in [0.25, 0.3) is 0 Å². The van der Waals surface area contributed by atoms with Gasteiger partial charge in [-0.3, -0.25) is 0 Å². The average Bonchev–Trinajstić information content (AvgIpc) is 1.36. The van der Waals surface area contributed by atoms with Crippen LogP contribution in [-0.4, -0.2) is 56.3 Å². The average molecular weight is 152 g/mol. The Labute approximate surface area is 68.5 Å². The minimum absolute atomic E-state index is 0. The summed E-state index contributed by atoms with van der Waals surface area (Å²) in [7, 11) is 0. The van der Waals surface area contributed by atoms with Gasteiger partial charge < -0.3 is 21.2 Å². The van der Waals surface area contributed by atoms with Crippen molar-refractivity contribution in [3.8, 4) is 0 Å². The first kappa shape index (κ1) is 22.9. The second-order valence-electron chi connectivity index (χ2n) is 1.01. The number of carbonyl (C=O) groups is 1. The minimum Gasteiger partial charge on any atom is -0.479 e. The summed E-state index contributed by atoms with van der Waals surface area (Å²) in [4.78, 5) is 9.45. The molecule has 0 amide bonds. The second-order valence-corrected chi connectivity index (χ2v) is 1.01. The summed E-state index contributed by atoms with van der Waals surface area (Å²) in [6.45, 7) is 1.20. The van der Waals surface area contributed by atoms with Crippen LogP contribution in [0.2, 0.25) is 0 Å². The summed E-state index contributed by atoms with van der Waals surface area (Å²) in [5.41, 5.74) is 0. The van der Waals surface area contributed by atoms with Crippen LogP contribution in [0.5, 0.6) is 0 Å². The van der Waals surface area contributed by atoms with Crippen LogP contribution in [0.3, 0.4) is 0 Å². The summed E-state index contributed by atoms with van der Waals surface area (Å²) in [6.07, 6.45) is -1.23. The molecule has 0 aliphatic heterocycles. The lowest BCUT2D eigenvalue weighted by molar-refractivity contribution is -0.145. The van der Waals surface area contributed by atoms with Gasteiger partial charge in [0.2, 0.25) is 0 Å². The molecule has 9 heavy (non-hydrogen) atoms. The molecule has 5 nitrogen and oxygen atoms in total. The molecule has 0 saturated heterocycles. The first-order chi connectivity index (χ1) is 2.64. The highest BCUT2D eigenvalue weighted by Gasteiger charge is 2.01. The molecule has 0 fully saturated rings. The van der Waals surface area contributed by atoms with Gasteiger partial charge in [-0.1, -0.05) is 0 Å². The van der Waals surface area contributed by atoms with Gasteiger partial charge in [-0.05, 0) is 6.92 Å². The molecule has 0 saturated carbocycles. The van der Waals surface area contributed by atoms with Gasteiger partial charge in [0.25, 0.3) is 0 Å². The summed E-state index contributed by atoms with van der Waals surface area (Å²) in [5.74, 6) is -1.19. The number of aliphatic hydroxyl groups is 1. The molecule has 0 aromatic rings. The van der Waals surface area contributed by atoms with Crippen LogP contribution in [-0.2, 0) is 4.79 Å². The van der Waals surface area contributed by atoms with Crippen LogP contribution in [0.15, 0.2) is 0 Å². The highest BCUT2D eigenvalue weighted by Crippen LogP contribution is 1.73. The molecule has 0 heterocycles. The molecule has 0 aromatic carbocycles. The number of aliphatic hydroxyl groups excluding tert-OH is 1. The maximum atomic E-state index is 9.45. The maximum Gasteiger partial charge on any atom is 0.332 e. The Morgan fingerprint density at radius 1 is 1.44 bits per heavy atom. The van der Waals surface area contributed by atoms with Crippen LogP contribution in [0.4, 0.5) is 0 Å². The molecule has 6 N–H and O–H groups in total. The van der Waals surface area contributed by atoms with Gasteiger partial charge in [0.05, 0.1) is 0 Å². The van der Waals surface area contributed by atoms with Gasteiger partial charge in [0.15, 0.2) is 0 Å². The Morgan fingerprint density at radius 2 is 1.56 bits per heavy atom. The lowest BCUT2D eigenvalue weighted by atomic mass is 10.4. The van der Waals surface area contributed by atoms with E-state index in [2.05, 4.69) is 0 Å². The molecule has 0 spiro atoms. The highest BCUT2D eigenvalue weighted by atomic mass is 24.3. The predicted octanol–water partition coefficient (Wildman–Crippen LogP) is -3.11. The van der Waals surface area contributed by atoms with E-state index >= 15 is 0 Å². The number of hydrogen-bond donors (Lipinski definition) is 2. The van der Waals surface area contributed by atoms with E-state index < -0.39 is 12.1 Å². The van der Waals surface area contributed by atoms with Crippen molar-refractivity contribution < 1.29 is 26.0 Å². The Bertz CT molecular complexity index is 63.2. The van der Waals surface area contributed by atoms with E-state index in [1.165, 1.54) is 6.92 Å². The second kappa shape index (κ2) is 11.0. The zero-order chi connectivity index (χ0) is 5.15. The van der Waals surface area contributed by atoms with Gasteiger partial charge in [0.1, 0.15) is 6.10 Å². The highest BCUT2D eigenvalue weighted by molar-refractivity contribution is 5.75. The monoisotopic (exact) mass is 152 g/mol. The van der Waals surface area contributed by atoms with Crippen molar-refractivity contribution in [1.29, 1.82) is 0 Å². The maximum absolute atomic E-state index is 9.45. The van der Waals surface area contributed by atoms with E-state index in [0.29, 0.717) is 0 Å². The summed E-state index contributed by atoms with van der Waals surface area (Å²) < 4.78 is 0. The number of hydrogen-bond acceptors (Lipinski definition) is 2. The molecule has 0 rings (SSSR count). The quantitative estimate of drug-likeness (QED) is 0.387. The zero-order valence-electron chi connectivity index (χ0n) is 4.38. The molecule has 6 heteroatoms. The van der Waals surface area contributed by atoms with Crippen molar-refractivity contribution in [2.75, 3.05) is 0 Å². The van der Waals surface area contributed by atoms with Crippen LogP contribution < -0.4 is 0 Å². The molecular formula is C3H12MgO5. The van der Waals surface area contributed by atoms with Gasteiger partial charge >= 0.3 is 29.0 Å². The van der Waals surface area contributed by atoms with Crippen molar-refractivity contribution in [2.24, 2.45) is 0 Å². The van der Waals surface area contributed by atoms with Gasteiger partial charge in [-0.25, -0.2) is 4.79 Å². The Morgan fingerprint density at radius 3 is 1.56 bits per heavy atom. The first-order valence-corrected chi connectivity index (χ1v) is 1.55. The lowest BCUT2D eigenvalue weighted by Gasteiger charge is -1.89. The van der Waals surface area contributed by atoms with Crippen molar-refractivity contribution >= 4 is 29.0 Å². The topological polar surface area (TPSA) is 121 Å². The third-order valence-electron chi connectivity index (χ3n) is 0.357. The minimum atomic E-state index is -1.23. The predicted molar refractivity (Wildman–Crippen MR) is 35.1 cm³/mol. The van der Waals surface area contributed by atoms with E-state index in [4.69, 9.17) is 10.2 Å². The number of rotatable bonds is 1. The summed E-state index contributed by atoms with van der Waals surface area (Å²) >= 11 is 0. The number of carboxylic acid groups (broad SMARTS) is 1. The normalized spacial score (nSPS) is 9.11. The largest absolute Gasteiger partial charge is 0.479 e. The van der Waals surface area contributed by atoms with E-state index in [-0.39, 0.29) is 34.0 Å². The smallest absolute Gasteiger partial charge is 0.332 e. The molecule has 0 aliphatic rings. The molecular weight excluding hydrogens is 140 g/mol. The van der Waals surface area contributed by atoms with Crippen molar-refractivity contribution in [3.63, 3.8) is 0 Å². The van der Waals surface area contributed by atoms with Crippen LogP contribution >= 0.6 is 0 Å². The third-order valence-corrected chi connectivity index (χ3v) is 0.357. The molecule has 1 unspecified atom stereocenters. The van der Waals surface area contributed by atoms with Crippen molar-refractivity contribution in [3.05, 3.63) is 0 Å². The summed E-state index contributed by atoms with van der Waals surface area (Å²) in [6, 6.07) is 0. The van der Waals surface area contributed by atoms with E-state index in [1.54, 1.807) is 0 Å². The van der Waals surface area contributed by atoms with E-state index in [9.17, 15) is 4.79 Å². The molecule has 0 aromatic heterocycles. The van der Waals surface area contributed by atoms with Crippen LogP contribution in [0.1, 0.15) is 6.92 Å². The zero-order valence-corrected chi connectivity index (χ0v) is 4.38. The molecule has 56 valence electrons. The number of carboxylic acids is 1. The van der Waals surface area contributed by atoms with E-state index in [1.807, 2.05) is 0 Å². The fourth-order valence-electron chi connectivity index (χ4n) is 0. The SMILES string of the molecule is CC(O)C(=O)O.O.O.[MgH2]. The fraction of sp³-hybridized carbons (Fsp3) is 0.667. The fourth-order valence-corrected chi connectivity index (χ4v) is 0. The Kier molecular flexibility index (Phi) is 28.0. The molecule has 1 atom stereocenters. The standard InChI is InChI=1S/C3H6O3.Mg.2H2O.2H/c1-2(4)3(5)6;;;;;/h2,4H,1H3,(H,5,6);;2*1H2;;. The van der Waals surface area contributed by atoms with Crippen molar-refractivity contribution in [1.82, 2.24) is 0 Å². The van der Waals surface area contributed by atoms with Gasteiger partial charge in [0, 0.05) is 0 Å². The van der Waals surface area contributed by atoms with Crippen LogP contribution in [0, 0.1) is 0 Å².